The lowest BCUT2D eigenvalue weighted by atomic mass is 10.5. The number of ether oxygens (including phenoxy) is 3. The van der Waals surface area contributed by atoms with E-state index in [4.69, 9.17) is 30.2 Å². The minimum atomic E-state index is 0.257. The van der Waals surface area contributed by atoms with Crippen molar-refractivity contribution in [1.82, 2.24) is 4.98 Å². The molecular formula is C10H16ClNO4. The van der Waals surface area contributed by atoms with E-state index < -0.39 is 0 Å². The number of oxazole rings is 1. The average Bonchev–Trinajstić information content (AvgIpc) is 2.76. The van der Waals surface area contributed by atoms with Crippen LogP contribution in [0.15, 0.2) is 10.7 Å². The number of halogens is 1. The fourth-order valence-corrected chi connectivity index (χ4v) is 1.10. The largest absolute Gasteiger partial charge is 0.450 e. The van der Waals surface area contributed by atoms with Crippen molar-refractivity contribution in [2.75, 3.05) is 33.5 Å². The second kappa shape index (κ2) is 8.38. The number of rotatable bonds is 9. The molecule has 0 aromatic carbocycles. The van der Waals surface area contributed by atoms with Gasteiger partial charge in [-0.1, -0.05) is 0 Å². The van der Waals surface area contributed by atoms with Crippen molar-refractivity contribution in [3.05, 3.63) is 12.0 Å². The van der Waals surface area contributed by atoms with Crippen molar-refractivity contribution in [1.29, 1.82) is 0 Å². The average molecular weight is 250 g/mol. The summed E-state index contributed by atoms with van der Waals surface area (Å²) in [6, 6.07) is 0. The maximum atomic E-state index is 5.56. The van der Waals surface area contributed by atoms with Gasteiger partial charge >= 0.3 is 6.08 Å². The monoisotopic (exact) mass is 249 g/mol. The van der Waals surface area contributed by atoms with Crippen LogP contribution in [0.2, 0.25) is 0 Å². The van der Waals surface area contributed by atoms with Crippen LogP contribution in [0.1, 0.15) is 12.1 Å². The molecule has 0 amide bonds. The highest BCUT2D eigenvalue weighted by molar-refractivity contribution is 6.16. The molecule has 6 heteroatoms. The molecule has 5 nitrogen and oxygen atoms in total. The highest BCUT2D eigenvalue weighted by Gasteiger charge is 2.03. The molecule has 0 spiro atoms. The maximum absolute atomic E-state index is 5.56. The fourth-order valence-electron chi connectivity index (χ4n) is 0.981. The number of methoxy groups -OCH3 is 1. The van der Waals surface area contributed by atoms with Crippen LogP contribution in [-0.2, 0) is 15.4 Å². The van der Waals surface area contributed by atoms with Crippen molar-refractivity contribution in [3.63, 3.8) is 0 Å². The Labute approximate surface area is 99.6 Å². The smallest absolute Gasteiger partial charge is 0.393 e. The zero-order valence-corrected chi connectivity index (χ0v) is 10.0. The number of hydrogen-bond acceptors (Lipinski definition) is 5. The maximum Gasteiger partial charge on any atom is 0.393 e. The Morgan fingerprint density at radius 1 is 1.31 bits per heavy atom. The molecule has 0 N–H and O–H groups in total. The predicted molar refractivity (Wildman–Crippen MR) is 58.9 cm³/mol. The summed E-state index contributed by atoms with van der Waals surface area (Å²) < 4.78 is 20.4. The summed E-state index contributed by atoms with van der Waals surface area (Å²) in [6.07, 6.45) is 2.52. The van der Waals surface area contributed by atoms with Crippen molar-refractivity contribution in [2.45, 2.75) is 12.3 Å². The first-order chi connectivity index (χ1) is 7.86. The van der Waals surface area contributed by atoms with Gasteiger partial charge in [-0.15, -0.1) is 11.6 Å². The SMILES string of the molecule is COCCOCCCOc1nc(CCl)co1. The van der Waals surface area contributed by atoms with Crippen molar-refractivity contribution in [2.24, 2.45) is 0 Å². The zero-order chi connectivity index (χ0) is 11.6. The van der Waals surface area contributed by atoms with Gasteiger partial charge in [-0.05, 0) is 0 Å². The van der Waals surface area contributed by atoms with Gasteiger partial charge < -0.3 is 18.6 Å². The van der Waals surface area contributed by atoms with E-state index in [2.05, 4.69) is 4.98 Å². The Bertz CT molecular complexity index is 280. The van der Waals surface area contributed by atoms with E-state index in [-0.39, 0.29) is 6.08 Å². The zero-order valence-electron chi connectivity index (χ0n) is 9.28. The Kier molecular flexibility index (Phi) is 6.96. The van der Waals surface area contributed by atoms with Crippen LogP contribution in [0.3, 0.4) is 0 Å². The van der Waals surface area contributed by atoms with E-state index in [1.54, 1.807) is 7.11 Å². The van der Waals surface area contributed by atoms with Gasteiger partial charge in [0.25, 0.3) is 0 Å². The van der Waals surface area contributed by atoms with Crippen molar-refractivity contribution < 1.29 is 18.6 Å². The number of aromatic nitrogens is 1. The third kappa shape index (κ3) is 5.34. The molecule has 0 saturated carbocycles. The molecule has 16 heavy (non-hydrogen) atoms. The van der Waals surface area contributed by atoms with E-state index >= 15 is 0 Å². The van der Waals surface area contributed by atoms with Crippen LogP contribution >= 0.6 is 11.6 Å². The lowest BCUT2D eigenvalue weighted by Gasteiger charge is -2.03. The topological polar surface area (TPSA) is 53.7 Å². The molecule has 0 atom stereocenters. The molecule has 0 aliphatic rings. The van der Waals surface area contributed by atoms with Crippen molar-refractivity contribution >= 4 is 11.6 Å². The molecule has 1 rings (SSSR count). The summed E-state index contributed by atoms with van der Waals surface area (Å²) >= 11 is 5.56. The second-order valence-electron chi connectivity index (χ2n) is 3.05. The Hall–Kier alpha value is -0.780. The van der Waals surface area contributed by atoms with E-state index in [1.165, 1.54) is 6.26 Å². The molecule has 0 radical (unpaired) electrons. The molecule has 0 unspecified atom stereocenters. The Morgan fingerprint density at radius 2 is 2.19 bits per heavy atom. The Balaban J connectivity index is 1.98. The van der Waals surface area contributed by atoms with Crippen molar-refractivity contribution in [3.8, 4) is 6.08 Å². The fraction of sp³-hybridized carbons (Fsp3) is 0.700. The van der Waals surface area contributed by atoms with Gasteiger partial charge in [0.15, 0.2) is 0 Å². The molecule has 0 bridgehead atoms. The summed E-state index contributed by atoms with van der Waals surface area (Å²) in [7, 11) is 1.64. The van der Waals surface area contributed by atoms with Crippen LogP contribution in [0.25, 0.3) is 0 Å². The number of alkyl halides is 1. The van der Waals surface area contributed by atoms with Gasteiger partial charge in [-0.3, -0.25) is 0 Å². The normalized spacial score (nSPS) is 10.6. The molecule has 1 heterocycles. The summed E-state index contributed by atoms with van der Waals surface area (Å²) in [6.45, 7) is 2.35. The quantitative estimate of drug-likeness (QED) is 0.494. The summed E-state index contributed by atoms with van der Waals surface area (Å²) in [4.78, 5) is 3.99. The predicted octanol–water partition coefficient (Wildman–Crippen LogP) is 1.85. The molecule has 0 fully saturated rings. The number of hydrogen-bond donors (Lipinski definition) is 0. The standard InChI is InChI=1S/C10H16ClNO4/c1-13-5-6-14-3-2-4-15-10-12-9(7-11)8-16-10/h8H,2-7H2,1H3. The van der Waals surface area contributed by atoms with Gasteiger partial charge in [0.05, 0.1) is 31.4 Å². The first-order valence-electron chi connectivity index (χ1n) is 5.06. The van der Waals surface area contributed by atoms with E-state index in [9.17, 15) is 0 Å². The van der Waals surface area contributed by atoms with Gasteiger partial charge in [0.1, 0.15) is 6.26 Å². The van der Waals surface area contributed by atoms with Crippen LogP contribution in [0, 0.1) is 0 Å². The van der Waals surface area contributed by atoms with E-state index in [0.29, 0.717) is 38.0 Å². The van der Waals surface area contributed by atoms with E-state index in [0.717, 1.165) is 6.42 Å². The molecule has 0 aliphatic carbocycles. The van der Waals surface area contributed by atoms with Crippen LogP contribution < -0.4 is 4.74 Å². The minimum absolute atomic E-state index is 0.257. The Morgan fingerprint density at radius 3 is 2.88 bits per heavy atom. The number of nitrogens with zero attached hydrogens (tertiary/aromatic N) is 1. The third-order valence-electron chi connectivity index (χ3n) is 1.76. The summed E-state index contributed by atoms with van der Waals surface area (Å²) in [5, 5.41) is 0. The lowest BCUT2D eigenvalue weighted by Crippen LogP contribution is -2.06. The third-order valence-corrected chi connectivity index (χ3v) is 2.03. The van der Waals surface area contributed by atoms with Crippen LogP contribution in [0.4, 0.5) is 0 Å². The van der Waals surface area contributed by atoms with Gasteiger partial charge in [0, 0.05) is 20.1 Å². The second-order valence-corrected chi connectivity index (χ2v) is 3.31. The first-order valence-corrected chi connectivity index (χ1v) is 5.60. The molecule has 0 saturated heterocycles. The first kappa shape index (κ1) is 13.3. The van der Waals surface area contributed by atoms with Gasteiger partial charge in [-0.2, -0.15) is 4.98 Å². The highest BCUT2D eigenvalue weighted by Crippen LogP contribution is 2.11. The highest BCUT2D eigenvalue weighted by atomic mass is 35.5. The molecule has 0 aliphatic heterocycles. The summed E-state index contributed by atoms with van der Waals surface area (Å²) in [5.41, 5.74) is 0.674. The van der Waals surface area contributed by atoms with Gasteiger partial charge in [0.2, 0.25) is 0 Å². The molecule has 1 aromatic heterocycles. The van der Waals surface area contributed by atoms with E-state index in [1.807, 2.05) is 0 Å². The molecular weight excluding hydrogens is 234 g/mol. The molecule has 92 valence electrons. The van der Waals surface area contributed by atoms with Gasteiger partial charge in [-0.25, -0.2) is 0 Å². The minimum Gasteiger partial charge on any atom is -0.450 e. The van der Waals surface area contributed by atoms with Crippen LogP contribution in [-0.4, -0.2) is 38.5 Å². The lowest BCUT2D eigenvalue weighted by molar-refractivity contribution is 0.0625. The summed E-state index contributed by atoms with van der Waals surface area (Å²) in [5.74, 6) is 0.326. The van der Waals surface area contributed by atoms with Crippen LogP contribution in [0.5, 0.6) is 6.08 Å². The molecule has 1 aromatic rings.